The topological polar surface area (TPSA) is 111 Å². The highest BCUT2D eigenvalue weighted by molar-refractivity contribution is 6.07. The van der Waals surface area contributed by atoms with Crippen LogP contribution in [0.3, 0.4) is 0 Å². The Kier molecular flexibility index (Phi) is 6.07. The molecule has 32 heavy (non-hydrogen) atoms. The molecule has 1 aromatic carbocycles. The van der Waals surface area contributed by atoms with Crippen LogP contribution in [0.1, 0.15) is 37.1 Å². The number of carbonyl (C=O) groups excluding carboxylic acids is 4. The van der Waals surface area contributed by atoms with Crippen LogP contribution in [0.2, 0.25) is 0 Å². The van der Waals surface area contributed by atoms with Gasteiger partial charge in [-0.3, -0.25) is 24.1 Å². The van der Waals surface area contributed by atoms with Gasteiger partial charge in [-0.25, -0.2) is 4.68 Å². The highest BCUT2D eigenvalue weighted by Gasteiger charge is 2.48. The molecule has 9 nitrogen and oxygen atoms in total. The number of aromatic nitrogens is 2. The largest absolute Gasteiger partial charge is 0.454 e. The first-order chi connectivity index (χ1) is 15.4. The van der Waals surface area contributed by atoms with E-state index < -0.39 is 25.0 Å². The summed E-state index contributed by atoms with van der Waals surface area (Å²) in [7, 11) is 0. The smallest absolute Gasteiger partial charge is 0.326 e. The lowest BCUT2D eigenvalue weighted by Crippen LogP contribution is -2.37. The molecule has 168 valence electrons. The van der Waals surface area contributed by atoms with Crippen molar-refractivity contribution in [3.63, 3.8) is 0 Å². The van der Waals surface area contributed by atoms with Gasteiger partial charge in [-0.2, -0.15) is 5.10 Å². The average Bonchev–Trinajstić information content (AvgIpc) is 3.21. The number of rotatable bonds is 6. The van der Waals surface area contributed by atoms with Crippen molar-refractivity contribution in [3.05, 3.63) is 41.7 Å². The zero-order valence-electron chi connectivity index (χ0n) is 18.2. The number of hydrogen-bond donors (Lipinski definition) is 1. The number of aryl methyl sites for hydroxylation is 1. The second-order valence-corrected chi connectivity index (χ2v) is 8.26. The molecule has 2 aromatic rings. The van der Waals surface area contributed by atoms with Gasteiger partial charge in [0.15, 0.2) is 6.61 Å². The summed E-state index contributed by atoms with van der Waals surface area (Å²) in [6.45, 7) is 2.63. The number of hydrogen-bond acceptors (Lipinski definition) is 6. The minimum Gasteiger partial charge on any atom is -0.454 e. The van der Waals surface area contributed by atoms with Gasteiger partial charge in [0.05, 0.1) is 34.6 Å². The lowest BCUT2D eigenvalue weighted by atomic mass is 9.81. The van der Waals surface area contributed by atoms with Gasteiger partial charge in [0.25, 0.3) is 5.91 Å². The first-order valence-corrected chi connectivity index (χ1v) is 10.8. The van der Waals surface area contributed by atoms with Crippen LogP contribution in [0.25, 0.3) is 5.69 Å². The fourth-order valence-electron chi connectivity index (χ4n) is 4.53. The number of likely N-dealkylation sites (tertiary alicyclic amines) is 1. The molecule has 1 saturated carbocycles. The molecule has 9 heteroatoms. The summed E-state index contributed by atoms with van der Waals surface area (Å²) < 4.78 is 6.76. The Hall–Kier alpha value is -3.49. The lowest BCUT2D eigenvalue weighted by molar-refractivity contribution is -0.154. The number of ether oxygens (including phenoxy) is 1. The second kappa shape index (κ2) is 8.94. The highest BCUT2D eigenvalue weighted by atomic mass is 16.5. The Morgan fingerprint density at radius 2 is 1.69 bits per heavy atom. The molecule has 0 radical (unpaired) electrons. The van der Waals surface area contributed by atoms with Crippen molar-refractivity contribution >= 4 is 29.4 Å². The number of anilines is 1. The number of nitrogens with zero attached hydrogens (tertiary/aromatic N) is 3. The van der Waals surface area contributed by atoms with Gasteiger partial charge < -0.3 is 10.1 Å². The number of esters is 1. The SMILES string of the molecule is Cc1nn(-c2ccccc2)c(C)c1NC(=O)COC(=O)CN1C(=O)[C@@H]2CCCC[C@H]2C1=O. The van der Waals surface area contributed by atoms with Gasteiger partial charge in [0, 0.05) is 0 Å². The fraction of sp³-hybridized carbons (Fsp3) is 0.435. The molecular weight excluding hydrogens is 412 g/mol. The van der Waals surface area contributed by atoms with E-state index in [1.807, 2.05) is 37.3 Å². The molecule has 0 bridgehead atoms. The number of imide groups is 1. The summed E-state index contributed by atoms with van der Waals surface area (Å²) in [6.07, 6.45) is 3.19. The number of fused-ring (bicyclic) bond motifs is 1. The van der Waals surface area contributed by atoms with Crippen molar-refractivity contribution < 1.29 is 23.9 Å². The molecule has 3 amide bonds. The summed E-state index contributed by atoms with van der Waals surface area (Å²) in [6, 6.07) is 9.51. The molecule has 1 saturated heterocycles. The van der Waals surface area contributed by atoms with E-state index in [2.05, 4.69) is 10.4 Å². The third kappa shape index (κ3) is 4.15. The van der Waals surface area contributed by atoms with E-state index in [0.717, 1.165) is 29.1 Å². The predicted molar refractivity (Wildman–Crippen MR) is 115 cm³/mol. The molecule has 4 rings (SSSR count). The maximum absolute atomic E-state index is 12.5. The minimum absolute atomic E-state index is 0.305. The molecule has 2 atom stereocenters. The van der Waals surface area contributed by atoms with Gasteiger partial charge in [0.1, 0.15) is 6.54 Å². The zero-order valence-corrected chi connectivity index (χ0v) is 18.2. The maximum atomic E-state index is 12.5. The lowest BCUT2D eigenvalue weighted by Gasteiger charge is -2.19. The van der Waals surface area contributed by atoms with Gasteiger partial charge in [-0.1, -0.05) is 31.0 Å². The summed E-state index contributed by atoms with van der Waals surface area (Å²) in [5, 5.41) is 7.19. The van der Waals surface area contributed by atoms with Crippen LogP contribution in [0.15, 0.2) is 30.3 Å². The van der Waals surface area contributed by atoms with Crippen LogP contribution in [0.5, 0.6) is 0 Å². The summed E-state index contributed by atoms with van der Waals surface area (Å²) in [5.41, 5.74) is 2.77. The van der Waals surface area contributed by atoms with Crippen molar-refractivity contribution in [1.29, 1.82) is 0 Å². The highest BCUT2D eigenvalue weighted by Crippen LogP contribution is 2.37. The first kappa shape index (κ1) is 21.7. The monoisotopic (exact) mass is 438 g/mol. The van der Waals surface area contributed by atoms with Crippen molar-refractivity contribution in [1.82, 2.24) is 14.7 Å². The maximum Gasteiger partial charge on any atom is 0.326 e. The van der Waals surface area contributed by atoms with E-state index in [0.29, 0.717) is 24.2 Å². The van der Waals surface area contributed by atoms with Gasteiger partial charge in [-0.15, -0.1) is 0 Å². The zero-order chi connectivity index (χ0) is 22.8. The van der Waals surface area contributed by atoms with Crippen molar-refractivity contribution in [2.24, 2.45) is 11.8 Å². The van der Waals surface area contributed by atoms with Crippen LogP contribution in [-0.2, 0) is 23.9 Å². The quantitative estimate of drug-likeness (QED) is 0.547. The van der Waals surface area contributed by atoms with E-state index in [-0.39, 0.29) is 23.7 Å². The summed E-state index contributed by atoms with van der Waals surface area (Å²) in [4.78, 5) is 50.5. The molecule has 0 spiro atoms. The van der Waals surface area contributed by atoms with Gasteiger partial charge in [-0.05, 0) is 38.8 Å². The van der Waals surface area contributed by atoms with Crippen LogP contribution < -0.4 is 5.32 Å². The number of nitrogens with one attached hydrogen (secondary N) is 1. The van der Waals surface area contributed by atoms with Crippen LogP contribution >= 0.6 is 0 Å². The predicted octanol–water partition coefficient (Wildman–Crippen LogP) is 2.15. The number of para-hydroxylation sites is 1. The standard InChI is InChI=1S/C23H26N4O5/c1-14-21(15(2)27(25-14)16-8-4-3-5-9-16)24-19(28)13-32-20(29)12-26-22(30)17-10-6-7-11-18(17)23(26)31/h3-5,8-9,17-18H,6-7,10-13H2,1-2H3,(H,24,28)/t17-,18-/m1/s1. The Balaban J connectivity index is 1.33. The van der Waals surface area contributed by atoms with E-state index in [1.54, 1.807) is 11.6 Å². The molecule has 1 aliphatic carbocycles. The summed E-state index contributed by atoms with van der Waals surface area (Å²) >= 11 is 0. The Morgan fingerprint density at radius 1 is 1.06 bits per heavy atom. The molecule has 2 heterocycles. The molecule has 2 aliphatic rings. The Bertz CT molecular complexity index is 1040. The molecular formula is C23H26N4O5. The van der Waals surface area contributed by atoms with Crippen molar-refractivity contribution in [2.75, 3.05) is 18.5 Å². The first-order valence-electron chi connectivity index (χ1n) is 10.8. The third-order valence-corrected chi connectivity index (χ3v) is 6.14. The van der Waals surface area contributed by atoms with Crippen LogP contribution in [-0.4, -0.2) is 51.5 Å². The van der Waals surface area contributed by atoms with Gasteiger partial charge >= 0.3 is 5.97 Å². The van der Waals surface area contributed by atoms with Crippen molar-refractivity contribution in [3.8, 4) is 5.69 Å². The van der Waals surface area contributed by atoms with Crippen LogP contribution in [0.4, 0.5) is 5.69 Å². The normalized spacial score (nSPS) is 20.2. The second-order valence-electron chi connectivity index (χ2n) is 8.26. The molecule has 2 fully saturated rings. The third-order valence-electron chi connectivity index (χ3n) is 6.14. The fourth-order valence-corrected chi connectivity index (χ4v) is 4.53. The Labute approximate surface area is 185 Å². The summed E-state index contributed by atoms with van der Waals surface area (Å²) in [5.74, 6) is -2.56. The van der Waals surface area contributed by atoms with Gasteiger partial charge in [0.2, 0.25) is 11.8 Å². The average molecular weight is 438 g/mol. The van der Waals surface area contributed by atoms with Crippen molar-refractivity contribution in [2.45, 2.75) is 39.5 Å². The Morgan fingerprint density at radius 3 is 2.31 bits per heavy atom. The molecule has 1 aliphatic heterocycles. The van der Waals surface area contributed by atoms with E-state index in [9.17, 15) is 19.2 Å². The number of amides is 3. The molecule has 0 unspecified atom stereocenters. The van der Waals surface area contributed by atoms with E-state index >= 15 is 0 Å². The number of carbonyl (C=O) groups is 4. The minimum atomic E-state index is -0.783. The molecule has 1 aromatic heterocycles. The number of benzene rings is 1. The van der Waals surface area contributed by atoms with E-state index in [4.69, 9.17) is 4.74 Å². The van der Waals surface area contributed by atoms with E-state index in [1.165, 1.54) is 0 Å². The van der Waals surface area contributed by atoms with Crippen LogP contribution in [0, 0.1) is 25.7 Å². The molecule has 1 N–H and O–H groups in total.